The molecule has 0 aromatic heterocycles. The minimum atomic E-state index is -0.721. The van der Waals surface area contributed by atoms with Gasteiger partial charge in [-0.25, -0.2) is 9.40 Å². The molecule has 3 aromatic rings. The smallest absolute Gasteiger partial charge is 0.218 e. The van der Waals surface area contributed by atoms with E-state index in [9.17, 15) is 4.39 Å². The first-order chi connectivity index (χ1) is 13.6. The third-order valence-corrected chi connectivity index (χ3v) is 5.98. The first-order valence-electron chi connectivity index (χ1n) is 8.93. The summed E-state index contributed by atoms with van der Waals surface area (Å²) in [6.45, 7) is 0. The van der Waals surface area contributed by atoms with Crippen LogP contribution in [0.1, 0.15) is 35.4 Å². The number of fused-ring (bicyclic) bond motifs is 3. The Bertz CT molecular complexity index is 1070. The van der Waals surface area contributed by atoms with Crippen LogP contribution in [0.3, 0.4) is 0 Å². The van der Waals surface area contributed by atoms with Gasteiger partial charge in [0.25, 0.3) is 0 Å². The van der Waals surface area contributed by atoms with Crippen LogP contribution in [-0.4, -0.2) is 10.7 Å². The highest BCUT2D eigenvalue weighted by molar-refractivity contribution is 9.10. The SMILES string of the molecule is Fc1cccc(Cl)c1[C@@H]1Oc2ccccc2[C@@H]2CC(c3ccc(Br)cc3)=NN21. The molecule has 2 aliphatic heterocycles. The van der Waals surface area contributed by atoms with Gasteiger partial charge in [-0.1, -0.05) is 63.9 Å². The van der Waals surface area contributed by atoms with E-state index in [0.717, 1.165) is 27.1 Å². The van der Waals surface area contributed by atoms with Crippen molar-refractivity contribution < 1.29 is 9.13 Å². The number of hydrogen-bond acceptors (Lipinski definition) is 3. The minimum absolute atomic E-state index is 0.0377. The second-order valence-corrected chi connectivity index (χ2v) is 8.12. The lowest BCUT2D eigenvalue weighted by Crippen LogP contribution is -2.34. The van der Waals surface area contributed by atoms with Crippen LogP contribution < -0.4 is 4.74 Å². The molecule has 3 aromatic carbocycles. The molecule has 0 radical (unpaired) electrons. The van der Waals surface area contributed by atoms with Crippen molar-refractivity contribution in [3.8, 4) is 5.75 Å². The van der Waals surface area contributed by atoms with E-state index in [-0.39, 0.29) is 6.04 Å². The van der Waals surface area contributed by atoms with Crippen LogP contribution in [0.2, 0.25) is 5.02 Å². The number of hydrogen-bond donors (Lipinski definition) is 0. The third kappa shape index (κ3) is 2.90. The van der Waals surface area contributed by atoms with Gasteiger partial charge in [-0.15, -0.1) is 0 Å². The molecule has 140 valence electrons. The molecular weight excluding hydrogens is 443 g/mol. The number of ether oxygens (including phenoxy) is 1. The molecule has 0 saturated carbocycles. The van der Waals surface area contributed by atoms with Gasteiger partial charge in [0.15, 0.2) is 0 Å². The molecular formula is C22H15BrClFN2O. The topological polar surface area (TPSA) is 24.8 Å². The molecule has 0 spiro atoms. The van der Waals surface area contributed by atoms with E-state index >= 15 is 0 Å². The molecule has 0 bridgehead atoms. The zero-order chi connectivity index (χ0) is 19.3. The fraction of sp³-hybridized carbons (Fsp3) is 0.136. The van der Waals surface area contributed by atoms with Crippen LogP contribution in [0.15, 0.2) is 76.3 Å². The van der Waals surface area contributed by atoms with Crippen molar-refractivity contribution >= 4 is 33.2 Å². The van der Waals surface area contributed by atoms with E-state index in [2.05, 4.69) is 15.9 Å². The van der Waals surface area contributed by atoms with Crippen molar-refractivity contribution in [2.45, 2.75) is 18.7 Å². The Balaban J connectivity index is 1.63. The van der Waals surface area contributed by atoms with Crippen molar-refractivity contribution in [3.05, 3.63) is 98.7 Å². The Hall–Kier alpha value is -2.37. The predicted molar refractivity (Wildman–Crippen MR) is 111 cm³/mol. The van der Waals surface area contributed by atoms with Crippen molar-refractivity contribution in [2.24, 2.45) is 5.10 Å². The number of benzene rings is 3. The molecule has 6 heteroatoms. The highest BCUT2D eigenvalue weighted by Gasteiger charge is 2.42. The quantitative estimate of drug-likeness (QED) is 0.440. The molecule has 2 aliphatic rings. The van der Waals surface area contributed by atoms with Gasteiger partial charge >= 0.3 is 0 Å². The van der Waals surface area contributed by atoms with Crippen LogP contribution in [0, 0.1) is 5.82 Å². The lowest BCUT2D eigenvalue weighted by Gasteiger charge is -2.38. The summed E-state index contributed by atoms with van der Waals surface area (Å²) in [4.78, 5) is 0. The summed E-state index contributed by atoms with van der Waals surface area (Å²) in [7, 11) is 0. The fourth-order valence-electron chi connectivity index (χ4n) is 3.79. The van der Waals surface area contributed by atoms with E-state index in [1.807, 2.05) is 53.5 Å². The van der Waals surface area contributed by atoms with Gasteiger partial charge in [0.2, 0.25) is 6.23 Å². The molecule has 0 fully saturated rings. The predicted octanol–water partition coefficient (Wildman–Crippen LogP) is 6.48. The van der Waals surface area contributed by atoms with Crippen molar-refractivity contribution in [2.75, 3.05) is 0 Å². The Morgan fingerprint density at radius 2 is 1.82 bits per heavy atom. The summed E-state index contributed by atoms with van der Waals surface area (Å²) in [5.74, 6) is 0.336. The molecule has 2 heterocycles. The standard InChI is InChI=1S/C22H15BrClFN2O/c23-14-10-8-13(9-11-14)18-12-19-15-4-1-2-7-20(15)28-22(27(19)26-18)21-16(24)5-3-6-17(21)25/h1-11,19,22H,12H2/t19-,22-/m0/s1. The molecule has 0 aliphatic carbocycles. The summed E-state index contributed by atoms with van der Waals surface area (Å²) in [6.07, 6.45) is -0.00791. The first-order valence-corrected chi connectivity index (χ1v) is 10.1. The van der Waals surface area contributed by atoms with Gasteiger partial charge in [-0.3, -0.25) is 0 Å². The molecule has 5 rings (SSSR count). The van der Waals surface area contributed by atoms with E-state index in [1.54, 1.807) is 12.1 Å². The molecule has 2 atom stereocenters. The number of nitrogens with zero attached hydrogens (tertiary/aromatic N) is 2. The van der Waals surface area contributed by atoms with E-state index in [1.165, 1.54) is 6.07 Å². The average molecular weight is 458 g/mol. The maximum atomic E-state index is 14.7. The van der Waals surface area contributed by atoms with Crippen molar-refractivity contribution in [1.29, 1.82) is 0 Å². The number of para-hydroxylation sites is 1. The van der Waals surface area contributed by atoms with Crippen LogP contribution in [-0.2, 0) is 0 Å². The largest absolute Gasteiger partial charge is 0.464 e. The van der Waals surface area contributed by atoms with Crippen LogP contribution in [0.4, 0.5) is 4.39 Å². The van der Waals surface area contributed by atoms with Gasteiger partial charge in [0, 0.05) is 16.5 Å². The number of hydrazone groups is 1. The Morgan fingerprint density at radius 3 is 2.61 bits per heavy atom. The molecule has 0 saturated heterocycles. The molecule has 28 heavy (non-hydrogen) atoms. The van der Waals surface area contributed by atoms with E-state index < -0.39 is 12.0 Å². The normalized spacial score (nSPS) is 20.2. The van der Waals surface area contributed by atoms with Crippen molar-refractivity contribution in [1.82, 2.24) is 5.01 Å². The molecule has 0 N–H and O–H groups in total. The number of rotatable bonds is 2. The monoisotopic (exact) mass is 456 g/mol. The zero-order valence-electron chi connectivity index (χ0n) is 14.6. The Morgan fingerprint density at radius 1 is 1.04 bits per heavy atom. The summed E-state index contributed by atoms with van der Waals surface area (Å²) in [5.41, 5.74) is 3.33. The molecule has 3 nitrogen and oxygen atoms in total. The molecule has 0 amide bonds. The highest BCUT2D eigenvalue weighted by Crippen LogP contribution is 2.48. The Labute approximate surface area is 175 Å². The lowest BCUT2D eigenvalue weighted by atomic mass is 9.96. The van der Waals surface area contributed by atoms with Gasteiger partial charge in [-0.2, -0.15) is 5.10 Å². The second kappa shape index (κ2) is 6.90. The summed E-state index contributed by atoms with van der Waals surface area (Å²) in [6, 6.07) is 20.5. The number of halogens is 3. The summed E-state index contributed by atoms with van der Waals surface area (Å²) in [5, 5.41) is 7.00. The van der Waals surface area contributed by atoms with Gasteiger partial charge in [-0.05, 0) is 35.9 Å². The van der Waals surface area contributed by atoms with Gasteiger partial charge in [0.1, 0.15) is 11.6 Å². The molecule has 0 unspecified atom stereocenters. The van der Waals surface area contributed by atoms with Crippen LogP contribution in [0.25, 0.3) is 0 Å². The first kappa shape index (κ1) is 17.7. The third-order valence-electron chi connectivity index (χ3n) is 5.12. The summed E-state index contributed by atoms with van der Waals surface area (Å²) < 4.78 is 21.9. The highest BCUT2D eigenvalue weighted by atomic mass is 79.9. The zero-order valence-corrected chi connectivity index (χ0v) is 17.0. The van der Waals surface area contributed by atoms with E-state index in [0.29, 0.717) is 17.0 Å². The van der Waals surface area contributed by atoms with Crippen LogP contribution in [0.5, 0.6) is 5.75 Å². The van der Waals surface area contributed by atoms with Crippen LogP contribution >= 0.6 is 27.5 Å². The van der Waals surface area contributed by atoms with Crippen molar-refractivity contribution in [3.63, 3.8) is 0 Å². The van der Waals surface area contributed by atoms with Gasteiger partial charge in [0.05, 0.1) is 22.3 Å². The fourth-order valence-corrected chi connectivity index (χ4v) is 4.31. The van der Waals surface area contributed by atoms with E-state index in [4.69, 9.17) is 21.4 Å². The second-order valence-electron chi connectivity index (χ2n) is 6.80. The minimum Gasteiger partial charge on any atom is -0.464 e. The lowest BCUT2D eigenvalue weighted by molar-refractivity contribution is -0.0211. The average Bonchev–Trinajstić information content (AvgIpc) is 3.14. The summed E-state index contributed by atoms with van der Waals surface area (Å²) >= 11 is 9.82. The Kier molecular flexibility index (Phi) is 4.37. The van der Waals surface area contributed by atoms with Gasteiger partial charge < -0.3 is 4.74 Å². The maximum absolute atomic E-state index is 14.7. The maximum Gasteiger partial charge on any atom is 0.218 e.